The molecule has 0 aliphatic rings. The minimum atomic E-state index is -0.751. The Morgan fingerprint density at radius 2 is 0.697 bits per heavy atom. The molecule has 18 heteroatoms. The zero-order valence-electron chi connectivity index (χ0n) is 52.7. The Kier molecular flexibility index (Phi) is 15.0. The fraction of sp³-hybridized carbons (Fsp3) is 0.0617. The molecule has 480 valence electrons. The molecule has 19 rings (SSSR count). The predicted octanol–water partition coefficient (Wildman–Crippen LogP) is 29.2. The summed E-state index contributed by atoms with van der Waals surface area (Å²) < 4.78 is 53.0. The molecule has 0 atom stereocenters. The predicted molar refractivity (Wildman–Crippen MR) is 432 cm³/mol. The van der Waals surface area contributed by atoms with Crippen molar-refractivity contribution in [3.8, 4) is 97.7 Å². The van der Waals surface area contributed by atoms with Gasteiger partial charge in [-0.05, 0) is 157 Å². The monoisotopic (exact) mass is 1500 g/mol. The molecule has 12 heterocycles. The molecule has 0 spiro atoms. The van der Waals surface area contributed by atoms with Gasteiger partial charge in [-0.3, -0.25) is 0 Å². The number of carbonyl (C=O) groups is 2. The highest BCUT2D eigenvalue weighted by Gasteiger charge is 2.34. The molecule has 7 aromatic carbocycles. The fourth-order valence-corrected chi connectivity index (χ4v) is 28.1. The second kappa shape index (κ2) is 24.0. The highest BCUT2D eigenvalue weighted by Crippen LogP contribution is 2.61. The maximum absolute atomic E-state index is 18.0. The van der Waals surface area contributed by atoms with Crippen LogP contribution in [0.25, 0.3) is 174 Å². The quantitative estimate of drug-likeness (QED) is 0.0695. The molecule has 99 heavy (non-hydrogen) atoms. The topological polar surface area (TPSA) is 52.6 Å². The van der Waals surface area contributed by atoms with E-state index in [-0.39, 0.29) is 9.75 Å². The smallest absolute Gasteiger partial charge is 0.356 e. The first-order valence-corrected chi connectivity index (χ1v) is 41.2. The van der Waals surface area contributed by atoms with Gasteiger partial charge in [-0.15, -0.1) is 136 Å². The molecule has 0 unspecified atom stereocenters. The van der Waals surface area contributed by atoms with Gasteiger partial charge in [-0.1, -0.05) is 91.0 Å². The van der Waals surface area contributed by atoms with Crippen molar-refractivity contribution in [2.24, 2.45) is 0 Å². The second-order valence-electron chi connectivity index (χ2n) is 24.3. The van der Waals surface area contributed by atoms with Crippen LogP contribution in [0.2, 0.25) is 0 Å². The van der Waals surface area contributed by atoms with E-state index in [1.54, 1.807) is 108 Å². The molecule has 12 aromatic heterocycles. The molecule has 0 N–H and O–H groups in total. The third kappa shape index (κ3) is 10.1. The number of carbonyl (C=O) groups excluding carboxylic acids is 2. The van der Waals surface area contributed by atoms with Gasteiger partial charge in [0.2, 0.25) is 0 Å². The molecule has 0 amide bonds. The molecule has 0 bridgehead atoms. The molecule has 4 nitrogen and oxygen atoms in total. The van der Waals surface area contributed by atoms with Crippen LogP contribution in [0.1, 0.15) is 38.9 Å². The van der Waals surface area contributed by atoms with Crippen molar-refractivity contribution >= 4 is 230 Å². The number of aryl methyl sites for hydroxylation is 4. The standard InChI is InChI=1S/C81H46F2O4S12/c1-37-20-26-52(88-37)60-48-33-56(41-14-8-6-9-15-41)92-69(48)61(53-27-21-38(2)89-53)50-36-59(95-71(50)60)75-77-65(67(83)78(98-77)80(84)86-5)73(97-75)57-34-49-62(54-28-22-39(3)90-54)72-51(63(70(49)93-57)55-29-23-40(4)91-55)35-58(94-72)74-76-64(68(96-74)42-16-10-7-11-17-42)66(82)79(99-76)81(85)87-47-25-24-45-30-43-18-12-13-19-44(43)31-46(45)32-47/h6-36H,1-5H3. The van der Waals surface area contributed by atoms with E-state index in [1.807, 2.05) is 65.9 Å². The maximum atomic E-state index is 18.0. The zero-order chi connectivity index (χ0) is 66.8. The van der Waals surface area contributed by atoms with Crippen molar-refractivity contribution in [1.82, 2.24) is 0 Å². The lowest BCUT2D eigenvalue weighted by Gasteiger charge is -2.09. The summed E-state index contributed by atoms with van der Waals surface area (Å²) in [5, 5.41) is 9.35. The summed E-state index contributed by atoms with van der Waals surface area (Å²) in [6, 6.07) is 65.3. The Bertz CT molecular complexity index is 6380. The van der Waals surface area contributed by atoms with E-state index in [9.17, 15) is 9.59 Å². The lowest BCUT2D eigenvalue weighted by Crippen LogP contribution is -2.08. The Morgan fingerprint density at radius 3 is 1.15 bits per heavy atom. The van der Waals surface area contributed by atoms with Gasteiger partial charge in [0.25, 0.3) is 0 Å². The largest absolute Gasteiger partial charge is 0.465 e. The number of rotatable bonds is 12. The lowest BCUT2D eigenvalue weighted by molar-refractivity contribution is 0.0601. The molecular formula is C81H46F2O4S12. The lowest BCUT2D eigenvalue weighted by atomic mass is 9.99. The van der Waals surface area contributed by atoms with Crippen LogP contribution < -0.4 is 4.74 Å². The summed E-state index contributed by atoms with van der Waals surface area (Å²) in [5.41, 5.74) is 6.56. The van der Waals surface area contributed by atoms with Crippen LogP contribution in [-0.2, 0) is 4.74 Å². The Labute approximate surface area is 613 Å². The van der Waals surface area contributed by atoms with Crippen molar-refractivity contribution in [3.63, 3.8) is 0 Å². The summed E-state index contributed by atoms with van der Waals surface area (Å²) in [6.45, 7) is 8.58. The van der Waals surface area contributed by atoms with Gasteiger partial charge in [0.1, 0.15) is 15.5 Å². The summed E-state index contributed by atoms with van der Waals surface area (Å²) in [7, 11) is 1.31. The first kappa shape index (κ1) is 61.9. The molecular weight excluding hydrogens is 1460 g/mol. The molecule has 0 saturated heterocycles. The number of halogens is 2. The third-order valence-corrected chi connectivity index (χ3v) is 32.3. The molecule has 19 aromatic rings. The number of methoxy groups -OCH3 is 1. The first-order valence-electron chi connectivity index (χ1n) is 31.4. The Hall–Kier alpha value is -8.18. The van der Waals surface area contributed by atoms with Crippen LogP contribution in [0.4, 0.5) is 8.78 Å². The Morgan fingerprint density at radius 1 is 0.313 bits per heavy atom. The summed E-state index contributed by atoms with van der Waals surface area (Å²) in [6.07, 6.45) is 0. The van der Waals surface area contributed by atoms with Gasteiger partial charge >= 0.3 is 11.9 Å². The van der Waals surface area contributed by atoms with Crippen molar-refractivity contribution < 1.29 is 27.8 Å². The van der Waals surface area contributed by atoms with Gasteiger partial charge in [0.05, 0.1) is 31.1 Å². The molecule has 0 saturated carbocycles. The van der Waals surface area contributed by atoms with Crippen LogP contribution in [0, 0.1) is 39.3 Å². The van der Waals surface area contributed by atoms with Crippen LogP contribution in [0.5, 0.6) is 5.75 Å². The highest BCUT2D eigenvalue weighted by atomic mass is 32.1. The van der Waals surface area contributed by atoms with Crippen molar-refractivity contribution in [2.45, 2.75) is 27.7 Å². The van der Waals surface area contributed by atoms with Crippen LogP contribution in [0.15, 0.2) is 188 Å². The number of hydrogen-bond donors (Lipinski definition) is 0. The van der Waals surface area contributed by atoms with Crippen molar-refractivity contribution in [3.05, 3.63) is 229 Å². The van der Waals surface area contributed by atoms with E-state index < -0.39 is 23.6 Å². The first-order chi connectivity index (χ1) is 48.3. The van der Waals surface area contributed by atoms with Crippen molar-refractivity contribution in [1.29, 1.82) is 0 Å². The van der Waals surface area contributed by atoms with Gasteiger partial charge in [0, 0.05) is 137 Å². The minimum absolute atomic E-state index is 0.0531. The maximum Gasteiger partial charge on any atom is 0.356 e. The molecule has 0 aliphatic carbocycles. The van der Waals surface area contributed by atoms with E-state index in [4.69, 9.17) is 9.47 Å². The average molecular weight is 1510 g/mol. The number of hydrogen-bond acceptors (Lipinski definition) is 16. The molecule has 0 radical (unpaired) electrons. The zero-order valence-corrected chi connectivity index (χ0v) is 62.5. The molecule has 0 fully saturated rings. The van der Waals surface area contributed by atoms with Gasteiger partial charge in [-0.25, -0.2) is 18.4 Å². The normalized spacial score (nSPS) is 12.1. The number of ether oxygens (including phenoxy) is 2. The van der Waals surface area contributed by atoms with Crippen LogP contribution >= 0.6 is 136 Å². The SMILES string of the molecule is COC(=O)c1sc2c(-c3cc4c(-c5ccc(C)s5)c5sc(-c6ccccc6)cc5c(-c5ccc(C)s5)c4s3)sc(-c3cc4c(-c5ccc(C)s5)c5sc(-c6sc(-c7ccccc7)c7c(F)c(C(=O)Oc8ccc9cc%10ccccc%10cc9c8)sc67)cc5c(-c5ccc(C)s5)c4s3)c2c1F. The van der Waals surface area contributed by atoms with Crippen molar-refractivity contribution in [2.75, 3.05) is 7.11 Å². The average Bonchev–Trinajstić information content (AvgIpc) is 1.56. The number of esters is 2. The molecule has 0 aliphatic heterocycles. The number of benzene rings is 7. The Balaban J connectivity index is 0.813. The third-order valence-electron chi connectivity index (χ3n) is 18.0. The number of fused-ring (bicyclic) bond motifs is 8. The van der Waals surface area contributed by atoms with Crippen LogP contribution in [0.3, 0.4) is 0 Å². The van der Waals surface area contributed by atoms with E-state index in [1.165, 1.54) is 69.6 Å². The highest BCUT2D eigenvalue weighted by molar-refractivity contribution is 7.36. The number of thiophene rings is 12. The van der Waals surface area contributed by atoms with Gasteiger partial charge in [-0.2, -0.15) is 0 Å². The van der Waals surface area contributed by atoms with E-state index in [0.29, 0.717) is 25.9 Å². The van der Waals surface area contributed by atoms with Crippen LogP contribution in [-0.4, -0.2) is 19.0 Å². The van der Waals surface area contributed by atoms with E-state index >= 15 is 8.78 Å². The summed E-state index contributed by atoms with van der Waals surface area (Å²) in [4.78, 5) is 44.8. The summed E-state index contributed by atoms with van der Waals surface area (Å²) in [5.74, 6) is -2.30. The van der Waals surface area contributed by atoms with E-state index in [2.05, 4.69) is 155 Å². The summed E-state index contributed by atoms with van der Waals surface area (Å²) >= 11 is 19.4. The van der Waals surface area contributed by atoms with Gasteiger partial charge in [0.15, 0.2) is 11.6 Å². The second-order valence-corrected chi connectivity index (χ2v) is 37.7. The van der Waals surface area contributed by atoms with E-state index in [0.717, 1.165) is 133 Å². The fourth-order valence-electron chi connectivity index (χ4n) is 13.6. The minimum Gasteiger partial charge on any atom is -0.465 e. The van der Waals surface area contributed by atoms with Gasteiger partial charge < -0.3 is 9.47 Å².